The largest absolute Gasteiger partial charge is 0.496 e. The molecule has 2 N–H and O–H groups in total. The van der Waals surface area contributed by atoms with E-state index in [0.717, 1.165) is 35.4 Å². The molecule has 0 bridgehead atoms. The van der Waals surface area contributed by atoms with E-state index in [4.69, 9.17) is 20.2 Å². The van der Waals surface area contributed by atoms with Crippen LogP contribution in [0, 0.1) is 6.92 Å². The van der Waals surface area contributed by atoms with Crippen molar-refractivity contribution in [3.05, 3.63) is 23.3 Å². The molecule has 0 aromatic heterocycles. The van der Waals surface area contributed by atoms with Crippen LogP contribution in [0.4, 0.5) is 5.69 Å². The molecule has 96 valence electrons. The third kappa shape index (κ3) is 3.91. The summed E-state index contributed by atoms with van der Waals surface area (Å²) in [4.78, 5) is 9.79. The average Bonchev–Trinajstić information content (AvgIpc) is 2.34. The number of benzene rings is 1. The SMILES string of the molecule is CCOOCCCc1c(OC)ccc(C)c1N. The summed E-state index contributed by atoms with van der Waals surface area (Å²) in [5.74, 6) is 0.838. The molecule has 0 spiro atoms. The Kier molecular flexibility index (Phi) is 5.80. The van der Waals surface area contributed by atoms with E-state index in [1.54, 1.807) is 7.11 Å². The summed E-state index contributed by atoms with van der Waals surface area (Å²) in [6.45, 7) is 5.01. The van der Waals surface area contributed by atoms with E-state index < -0.39 is 0 Å². The van der Waals surface area contributed by atoms with Crippen molar-refractivity contribution in [1.29, 1.82) is 0 Å². The van der Waals surface area contributed by atoms with Crippen LogP contribution in [0.3, 0.4) is 0 Å². The molecule has 1 aromatic carbocycles. The first-order valence-electron chi connectivity index (χ1n) is 5.87. The highest BCUT2D eigenvalue weighted by atomic mass is 17.2. The van der Waals surface area contributed by atoms with Crippen LogP contribution in [0.15, 0.2) is 12.1 Å². The minimum Gasteiger partial charge on any atom is -0.496 e. The van der Waals surface area contributed by atoms with E-state index in [0.29, 0.717) is 13.2 Å². The number of nitrogens with two attached hydrogens (primary N) is 1. The van der Waals surface area contributed by atoms with Gasteiger partial charge in [-0.1, -0.05) is 6.07 Å². The van der Waals surface area contributed by atoms with Gasteiger partial charge in [0.25, 0.3) is 0 Å². The Morgan fingerprint density at radius 2 is 2.00 bits per heavy atom. The lowest BCUT2D eigenvalue weighted by Crippen LogP contribution is -2.03. The third-order valence-corrected chi connectivity index (χ3v) is 2.61. The molecule has 4 heteroatoms. The van der Waals surface area contributed by atoms with Gasteiger partial charge in [0, 0.05) is 11.3 Å². The van der Waals surface area contributed by atoms with Crippen LogP contribution in [-0.4, -0.2) is 20.3 Å². The second-order valence-electron chi connectivity index (χ2n) is 3.81. The lowest BCUT2D eigenvalue weighted by molar-refractivity contribution is -0.291. The van der Waals surface area contributed by atoms with Crippen molar-refractivity contribution in [3.63, 3.8) is 0 Å². The minimum absolute atomic E-state index is 0.560. The summed E-state index contributed by atoms with van der Waals surface area (Å²) >= 11 is 0. The average molecular weight is 239 g/mol. The Hall–Kier alpha value is -1.26. The molecule has 4 nitrogen and oxygen atoms in total. The zero-order valence-electron chi connectivity index (χ0n) is 10.8. The Morgan fingerprint density at radius 1 is 1.24 bits per heavy atom. The van der Waals surface area contributed by atoms with E-state index in [2.05, 4.69) is 0 Å². The van der Waals surface area contributed by atoms with Gasteiger partial charge in [0.05, 0.1) is 20.3 Å². The number of anilines is 1. The van der Waals surface area contributed by atoms with Crippen molar-refractivity contribution in [2.45, 2.75) is 26.7 Å². The molecular formula is C13H21NO3. The summed E-state index contributed by atoms with van der Waals surface area (Å²) in [5.41, 5.74) is 8.98. The fourth-order valence-electron chi connectivity index (χ4n) is 1.66. The summed E-state index contributed by atoms with van der Waals surface area (Å²) in [6.07, 6.45) is 1.67. The van der Waals surface area contributed by atoms with Crippen LogP contribution < -0.4 is 10.5 Å². The molecule has 0 amide bonds. The standard InChI is InChI=1S/C13H21NO3/c1-4-16-17-9-5-6-11-12(15-3)8-7-10(2)13(11)14/h7-8H,4-6,9,14H2,1-3H3. The van der Waals surface area contributed by atoms with Crippen molar-refractivity contribution >= 4 is 5.69 Å². The molecule has 0 aliphatic carbocycles. The molecule has 0 unspecified atom stereocenters. The minimum atomic E-state index is 0.560. The van der Waals surface area contributed by atoms with Crippen LogP contribution in [-0.2, 0) is 16.2 Å². The Morgan fingerprint density at radius 3 is 2.65 bits per heavy atom. The highest BCUT2D eigenvalue weighted by molar-refractivity contribution is 5.59. The van der Waals surface area contributed by atoms with Crippen LogP contribution in [0.5, 0.6) is 5.75 Å². The van der Waals surface area contributed by atoms with E-state index in [9.17, 15) is 0 Å². The van der Waals surface area contributed by atoms with Gasteiger partial charge in [0.2, 0.25) is 0 Å². The number of hydrogen-bond donors (Lipinski definition) is 1. The van der Waals surface area contributed by atoms with Gasteiger partial charge in [-0.25, -0.2) is 9.78 Å². The molecule has 0 radical (unpaired) electrons. The Bertz CT molecular complexity index is 353. The van der Waals surface area contributed by atoms with Gasteiger partial charge >= 0.3 is 0 Å². The quantitative estimate of drug-likeness (QED) is 0.344. The second kappa shape index (κ2) is 7.14. The van der Waals surface area contributed by atoms with Crippen molar-refractivity contribution in [2.75, 3.05) is 26.1 Å². The lowest BCUT2D eigenvalue weighted by Gasteiger charge is -2.13. The van der Waals surface area contributed by atoms with E-state index >= 15 is 0 Å². The number of hydrogen-bond acceptors (Lipinski definition) is 4. The van der Waals surface area contributed by atoms with Gasteiger partial charge in [-0.2, -0.15) is 0 Å². The van der Waals surface area contributed by atoms with Gasteiger partial charge in [0.1, 0.15) is 5.75 Å². The van der Waals surface area contributed by atoms with Crippen LogP contribution in [0.25, 0.3) is 0 Å². The molecule has 1 aromatic rings. The zero-order valence-corrected chi connectivity index (χ0v) is 10.8. The predicted octanol–water partition coefficient (Wildman–Crippen LogP) is 2.49. The fraction of sp³-hybridized carbons (Fsp3) is 0.538. The van der Waals surface area contributed by atoms with Crippen LogP contribution >= 0.6 is 0 Å². The van der Waals surface area contributed by atoms with Crippen molar-refractivity contribution in [1.82, 2.24) is 0 Å². The van der Waals surface area contributed by atoms with Gasteiger partial charge in [-0.3, -0.25) is 0 Å². The first-order valence-corrected chi connectivity index (χ1v) is 5.87. The smallest absolute Gasteiger partial charge is 0.124 e. The third-order valence-electron chi connectivity index (χ3n) is 2.61. The van der Waals surface area contributed by atoms with E-state index in [1.165, 1.54) is 0 Å². The van der Waals surface area contributed by atoms with Gasteiger partial charge in [-0.05, 0) is 38.3 Å². The molecule has 0 aliphatic rings. The molecule has 17 heavy (non-hydrogen) atoms. The summed E-state index contributed by atoms with van der Waals surface area (Å²) in [7, 11) is 1.66. The predicted molar refractivity (Wildman–Crippen MR) is 68.0 cm³/mol. The molecule has 0 atom stereocenters. The summed E-state index contributed by atoms with van der Waals surface area (Å²) in [5, 5.41) is 0. The molecule has 0 fully saturated rings. The first kappa shape index (κ1) is 13.8. The molecule has 1 rings (SSSR count). The van der Waals surface area contributed by atoms with Gasteiger partial charge < -0.3 is 10.5 Å². The highest BCUT2D eigenvalue weighted by Gasteiger charge is 2.09. The molecule has 0 saturated carbocycles. The number of ether oxygens (including phenoxy) is 1. The van der Waals surface area contributed by atoms with E-state index in [-0.39, 0.29) is 0 Å². The molecule has 0 aliphatic heterocycles. The van der Waals surface area contributed by atoms with Crippen LogP contribution in [0.2, 0.25) is 0 Å². The summed E-state index contributed by atoms with van der Waals surface area (Å²) in [6, 6.07) is 3.92. The van der Waals surface area contributed by atoms with Crippen molar-refractivity contribution in [3.8, 4) is 5.75 Å². The van der Waals surface area contributed by atoms with Crippen molar-refractivity contribution < 1.29 is 14.5 Å². The van der Waals surface area contributed by atoms with Crippen molar-refractivity contribution in [2.24, 2.45) is 0 Å². The highest BCUT2D eigenvalue weighted by Crippen LogP contribution is 2.28. The topological polar surface area (TPSA) is 53.7 Å². The Balaban J connectivity index is 2.59. The fourth-order valence-corrected chi connectivity index (χ4v) is 1.66. The maximum absolute atomic E-state index is 6.05. The molecule has 0 saturated heterocycles. The van der Waals surface area contributed by atoms with Gasteiger partial charge in [0.15, 0.2) is 0 Å². The molecular weight excluding hydrogens is 218 g/mol. The first-order chi connectivity index (χ1) is 8.20. The monoisotopic (exact) mass is 239 g/mol. The zero-order chi connectivity index (χ0) is 12.7. The lowest BCUT2D eigenvalue weighted by atomic mass is 10.0. The number of nitrogen functional groups attached to an aromatic ring is 1. The number of methoxy groups -OCH3 is 1. The van der Waals surface area contributed by atoms with E-state index in [1.807, 2.05) is 26.0 Å². The Labute approximate surface area is 103 Å². The van der Waals surface area contributed by atoms with Crippen LogP contribution in [0.1, 0.15) is 24.5 Å². The normalized spacial score (nSPS) is 10.5. The maximum atomic E-state index is 6.05. The maximum Gasteiger partial charge on any atom is 0.124 e. The number of aryl methyl sites for hydroxylation is 1. The molecule has 0 heterocycles. The van der Waals surface area contributed by atoms with Gasteiger partial charge in [-0.15, -0.1) is 0 Å². The second-order valence-corrected chi connectivity index (χ2v) is 3.81. The summed E-state index contributed by atoms with van der Waals surface area (Å²) < 4.78 is 5.31. The number of rotatable bonds is 7.